The van der Waals surface area contributed by atoms with Crippen molar-refractivity contribution in [2.45, 2.75) is 13.0 Å². The quantitative estimate of drug-likeness (QED) is 0.718. The molecule has 0 fully saturated rings. The highest BCUT2D eigenvalue weighted by molar-refractivity contribution is 6.39. The maximum atomic E-state index is 13.1. The molecule has 106 valence electrons. The smallest absolute Gasteiger partial charge is 0.126 e. The van der Waals surface area contributed by atoms with Gasteiger partial charge in [-0.2, -0.15) is 0 Å². The Balaban J connectivity index is 2.32. The molecule has 3 nitrogen and oxygen atoms in total. The van der Waals surface area contributed by atoms with Gasteiger partial charge in [-0.15, -0.1) is 0 Å². The molecule has 20 heavy (non-hydrogen) atoms. The lowest BCUT2D eigenvalue weighted by molar-refractivity contribution is 0.451. The van der Waals surface area contributed by atoms with Crippen LogP contribution < -0.4 is 5.32 Å². The highest BCUT2D eigenvalue weighted by Gasteiger charge is 2.15. The Kier molecular flexibility index (Phi) is 4.26. The summed E-state index contributed by atoms with van der Waals surface area (Å²) in [6, 6.07) is 6.09. The molecule has 2 aromatic carbocycles. The van der Waals surface area contributed by atoms with Crippen LogP contribution in [0.2, 0.25) is 10.0 Å². The molecule has 1 unspecified atom stereocenters. The molecule has 0 aromatic heterocycles. The second kappa shape index (κ2) is 5.77. The Morgan fingerprint density at radius 2 is 1.70 bits per heavy atom. The van der Waals surface area contributed by atoms with E-state index in [1.54, 1.807) is 6.92 Å². The van der Waals surface area contributed by atoms with E-state index in [4.69, 9.17) is 23.2 Å². The number of rotatable bonds is 3. The third-order valence-electron chi connectivity index (χ3n) is 2.85. The lowest BCUT2D eigenvalue weighted by Gasteiger charge is -2.19. The van der Waals surface area contributed by atoms with Gasteiger partial charge in [0.15, 0.2) is 0 Å². The van der Waals surface area contributed by atoms with E-state index < -0.39 is 5.82 Å². The number of hydrogen-bond acceptors (Lipinski definition) is 3. The first-order valence-corrected chi connectivity index (χ1v) is 6.57. The lowest BCUT2D eigenvalue weighted by atomic mass is 10.1. The first-order chi connectivity index (χ1) is 9.38. The molecule has 0 saturated heterocycles. The second-order valence-corrected chi connectivity index (χ2v) is 5.17. The topological polar surface area (TPSA) is 52.5 Å². The van der Waals surface area contributed by atoms with Crippen LogP contribution in [0.5, 0.6) is 11.5 Å². The average Bonchev–Trinajstić information content (AvgIpc) is 2.36. The van der Waals surface area contributed by atoms with Crippen LogP contribution in [0.3, 0.4) is 0 Å². The molecule has 0 spiro atoms. The van der Waals surface area contributed by atoms with Gasteiger partial charge in [-0.25, -0.2) is 4.39 Å². The second-order valence-electron chi connectivity index (χ2n) is 4.35. The predicted octanol–water partition coefficient (Wildman–Crippen LogP) is 4.72. The van der Waals surface area contributed by atoms with E-state index in [1.807, 2.05) is 0 Å². The summed E-state index contributed by atoms with van der Waals surface area (Å²) in [5.74, 6) is -0.474. The Labute approximate surface area is 125 Å². The summed E-state index contributed by atoms with van der Waals surface area (Å²) >= 11 is 11.9. The minimum Gasteiger partial charge on any atom is -0.508 e. The van der Waals surface area contributed by atoms with Gasteiger partial charge >= 0.3 is 0 Å². The largest absolute Gasteiger partial charge is 0.508 e. The SMILES string of the molecule is CC(Nc1c(Cl)cc(F)cc1Cl)c1cc(O)ccc1O. The van der Waals surface area contributed by atoms with Gasteiger partial charge in [0, 0.05) is 5.56 Å². The molecule has 0 aliphatic heterocycles. The summed E-state index contributed by atoms with van der Waals surface area (Å²) in [5.41, 5.74) is 0.839. The molecule has 6 heteroatoms. The molecular weight excluding hydrogens is 304 g/mol. The standard InChI is InChI=1S/C14H12Cl2FNO2/c1-7(10-6-9(19)2-3-13(10)20)18-14-11(15)4-8(17)5-12(14)16/h2-7,18-20H,1H3. The van der Waals surface area contributed by atoms with E-state index in [0.717, 1.165) is 12.1 Å². The van der Waals surface area contributed by atoms with E-state index in [9.17, 15) is 14.6 Å². The summed E-state index contributed by atoms with van der Waals surface area (Å²) in [4.78, 5) is 0. The molecule has 2 aromatic rings. The van der Waals surface area contributed by atoms with Crippen molar-refractivity contribution < 1.29 is 14.6 Å². The summed E-state index contributed by atoms with van der Waals surface area (Å²) in [5, 5.41) is 22.5. The van der Waals surface area contributed by atoms with Gasteiger partial charge in [-0.05, 0) is 37.3 Å². The number of hydrogen-bond donors (Lipinski definition) is 3. The van der Waals surface area contributed by atoms with Crippen molar-refractivity contribution in [3.63, 3.8) is 0 Å². The molecule has 1 atom stereocenters. The Bertz CT molecular complexity index is 626. The van der Waals surface area contributed by atoms with Crippen LogP contribution in [0.4, 0.5) is 10.1 Å². The average molecular weight is 316 g/mol. The van der Waals surface area contributed by atoms with E-state index in [-0.39, 0.29) is 27.6 Å². The summed E-state index contributed by atoms with van der Waals surface area (Å²) < 4.78 is 13.1. The molecule has 0 heterocycles. The third-order valence-corrected chi connectivity index (χ3v) is 3.44. The van der Waals surface area contributed by atoms with Gasteiger partial charge in [0.2, 0.25) is 0 Å². The third kappa shape index (κ3) is 3.08. The zero-order valence-electron chi connectivity index (χ0n) is 10.5. The van der Waals surface area contributed by atoms with Crippen molar-refractivity contribution in [3.05, 3.63) is 51.8 Å². The van der Waals surface area contributed by atoms with Crippen LogP contribution in [0.1, 0.15) is 18.5 Å². The fraction of sp³-hybridized carbons (Fsp3) is 0.143. The van der Waals surface area contributed by atoms with Gasteiger partial charge in [-0.1, -0.05) is 23.2 Å². The monoisotopic (exact) mass is 315 g/mol. The number of phenolic OH excluding ortho intramolecular Hbond substituents is 2. The van der Waals surface area contributed by atoms with E-state index >= 15 is 0 Å². The minimum absolute atomic E-state index is 0.0251. The Morgan fingerprint density at radius 1 is 1.10 bits per heavy atom. The number of phenols is 2. The normalized spacial score (nSPS) is 12.2. The van der Waals surface area contributed by atoms with Crippen LogP contribution in [0, 0.1) is 5.82 Å². The minimum atomic E-state index is -0.529. The van der Waals surface area contributed by atoms with E-state index in [2.05, 4.69) is 5.32 Å². The molecule has 0 bridgehead atoms. The van der Waals surface area contributed by atoms with Gasteiger partial charge < -0.3 is 15.5 Å². The molecule has 0 saturated carbocycles. The Hall–Kier alpha value is -1.65. The molecule has 0 aliphatic rings. The summed E-state index contributed by atoms with van der Waals surface area (Å²) in [6.07, 6.45) is 0. The molecule has 2 rings (SSSR count). The van der Waals surface area contributed by atoms with Crippen molar-refractivity contribution in [2.24, 2.45) is 0 Å². The number of aromatic hydroxyl groups is 2. The van der Waals surface area contributed by atoms with Crippen LogP contribution in [-0.2, 0) is 0 Å². The lowest BCUT2D eigenvalue weighted by Crippen LogP contribution is -2.08. The van der Waals surface area contributed by atoms with Gasteiger partial charge in [0.25, 0.3) is 0 Å². The van der Waals surface area contributed by atoms with Gasteiger partial charge in [0.1, 0.15) is 17.3 Å². The first kappa shape index (κ1) is 14.8. The first-order valence-electron chi connectivity index (χ1n) is 5.81. The molecule has 0 radical (unpaired) electrons. The van der Waals surface area contributed by atoms with Gasteiger partial charge in [0.05, 0.1) is 21.8 Å². The van der Waals surface area contributed by atoms with Crippen molar-refractivity contribution in [2.75, 3.05) is 5.32 Å². The number of anilines is 1. The molecule has 0 amide bonds. The van der Waals surface area contributed by atoms with Crippen LogP contribution >= 0.6 is 23.2 Å². The fourth-order valence-corrected chi connectivity index (χ4v) is 2.43. The van der Waals surface area contributed by atoms with Crippen LogP contribution in [-0.4, -0.2) is 10.2 Å². The number of benzene rings is 2. The summed E-state index contributed by atoms with van der Waals surface area (Å²) in [6.45, 7) is 1.75. The molecule has 0 aliphatic carbocycles. The zero-order valence-corrected chi connectivity index (χ0v) is 12.0. The van der Waals surface area contributed by atoms with E-state index in [1.165, 1.54) is 18.2 Å². The van der Waals surface area contributed by atoms with Crippen LogP contribution in [0.25, 0.3) is 0 Å². The maximum Gasteiger partial charge on any atom is 0.126 e. The Morgan fingerprint density at radius 3 is 2.30 bits per heavy atom. The van der Waals surface area contributed by atoms with Crippen molar-refractivity contribution in [1.29, 1.82) is 0 Å². The molecule has 3 N–H and O–H groups in total. The van der Waals surface area contributed by atoms with Crippen LogP contribution in [0.15, 0.2) is 30.3 Å². The van der Waals surface area contributed by atoms with Crippen molar-refractivity contribution >= 4 is 28.9 Å². The molecular formula is C14H12Cl2FNO2. The zero-order chi connectivity index (χ0) is 14.9. The predicted molar refractivity (Wildman–Crippen MR) is 78.2 cm³/mol. The number of halogens is 3. The number of nitrogens with one attached hydrogen (secondary N) is 1. The van der Waals surface area contributed by atoms with Gasteiger partial charge in [-0.3, -0.25) is 0 Å². The van der Waals surface area contributed by atoms with E-state index in [0.29, 0.717) is 11.3 Å². The fourth-order valence-electron chi connectivity index (χ4n) is 1.86. The highest BCUT2D eigenvalue weighted by atomic mass is 35.5. The highest BCUT2D eigenvalue weighted by Crippen LogP contribution is 2.36. The van der Waals surface area contributed by atoms with Crippen molar-refractivity contribution in [1.82, 2.24) is 0 Å². The maximum absolute atomic E-state index is 13.1. The van der Waals surface area contributed by atoms with Crippen molar-refractivity contribution in [3.8, 4) is 11.5 Å². The summed E-state index contributed by atoms with van der Waals surface area (Å²) in [7, 11) is 0.